The number of nitriles is 2. The zero-order chi connectivity index (χ0) is 4.00. The van der Waals surface area contributed by atoms with Crippen LogP contribution in [0.25, 0.3) is 0 Å². The first-order valence-electron chi connectivity index (χ1n) is 0.516. The van der Waals surface area contributed by atoms with Crippen LogP contribution in [0.1, 0.15) is 0 Å². The van der Waals surface area contributed by atoms with Gasteiger partial charge in [0.05, 0.1) is 0 Å². The summed E-state index contributed by atoms with van der Waals surface area (Å²) in [6, 6.07) is 0. The predicted octanol–water partition coefficient (Wildman–Crippen LogP) is -2.72. The van der Waals surface area contributed by atoms with E-state index in [-0.39, 0.29) is 73.8 Å². The Morgan fingerprint density at radius 1 is 0.833 bits per heavy atom. The van der Waals surface area contributed by atoms with Gasteiger partial charge in [-0.2, -0.15) is 0 Å². The summed E-state index contributed by atoms with van der Waals surface area (Å²) >= 11 is 0. The van der Waals surface area contributed by atoms with E-state index < -0.39 is 0 Å². The first kappa shape index (κ1) is 26.4. The van der Waals surface area contributed by atoms with Crippen LogP contribution in [0.5, 0.6) is 0 Å². The zero-order valence-electron chi connectivity index (χ0n) is 3.35. The number of nitrogens with zero attached hydrogens (tertiary/aromatic N) is 2. The van der Waals surface area contributed by atoms with Crippen molar-refractivity contribution in [2.75, 3.05) is 0 Å². The van der Waals surface area contributed by atoms with Crippen LogP contribution in [0, 0.1) is 23.7 Å². The molecule has 1 radical (unpaired) electrons. The second-order valence-corrected chi connectivity index (χ2v) is 0. The minimum atomic E-state index is 0. The quantitative estimate of drug-likeness (QED) is 0.400. The predicted molar refractivity (Wildman–Crippen MR) is 13.3 cm³/mol. The summed E-state index contributed by atoms with van der Waals surface area (Å²) < 4.78 is 0. The third-order valence-corrected chi connectivity index (χ3v) is 0. The van der Waals surface area contributed by atoms with Gasteiger partial charge < -0.3 is 0 Å². The molecular weight excluding hydrogens is 199 g/mol. The molecule has 0 aliphatic heterocycles. The average Bonchev–Trinajstić information content (AvgIpc) is 1.50. The smallest absolute Gasteiger partial charge is 0.202 e. The van der Waals surface area contributed by atoms with Gasteiger partial charge in [-0.25, -0.2) is 10.5 Å². The summed E-state index contributed by atoms with van der Waals surface area (Å²) in [5.74, 6) is 0. The van der Waals surface area contributed by atoms with Crippen LogP contribution in [0.15, 0.2) is 0 Å². The Hall–Kier alpha value is 1.36. The van der Waals surface area contributed by atoms with Crippen LogP contribution < -0.4 is 51.4 Å². The molecule has 31 valence electrons. The van der Waals surface area contributed by atoms with Gasteiger partial charge in [-0.3, -0.25) is 0 Å². The Bertz CT molecular complexity index is 27.0. The van der Waals surface area contributed by atoms with E-state index in [9.17, 15) is 0 Å². The van der Waals surface area contributed by atoms with Gasteiger partial charge in [-0.15, -0.1) is 0 Å². The van der Waals surface area contributed by atoms with E-state index in [1.807, 2.05) is 0 Å². The summed E-state index contributed by atoms with van der Waals surface area (Å²) in [6.07, 6.45) is 0. The fraction of sp³-hybridized carbons (Fsp3) is 0. The van der Waals surface area contributed by atoms with E-state index in [4.69, 9.17) is 10.5 Å². The molecule has 0 aromatic rings. The van der Waals surface area contributed by atoms with Gasteiger partial charge in [0.2, 0.25) is 0 Å². The Kier molecular flexibility index (Phi) is 436. The van der Waals surface area contributed by atoms with E-state index in [2.05, 4.69) is 13.1 Å². The molecule has 0 N–H and O–H groups in total. The molecule has 4 heteroatoms. The Labute approximate surface area is 95.5 Å². The summed E-state index contributed by atoms with van der Waals surface area (Å²) in [5.41, 5.74) is 0. The summed E-state index contributed by atoms with van der Waals surface area (Å²) in [4.78, 5) is 0. The maximum absolute atomic E-state index is 6.50. The third kappa shape index (κ3) is 55.2. The van der Waals surface area contributed by atoms with Crippen molar-refractivity contribution in [3.05, 3.63) is 0 Å². The molecule has 0 unspecified atom stereocenters. The molecule has 0 aromatic carbocycles. The first-order valence-corrected chi connectivity index (χ1v) is 0.516. The van der Waals surface area contributed by atoms with Crippen molar-refractivity contribution in [3.8, 4) is 13.1 Å². The Balaban J connectivity index is -0.00000000500. The summed E-state index contributed by atoms with van der Waals surface area (Å²) in [6.45, 7) is 7.00. The van der Waals surface area contributed by atoms with E-state index in [1.165, 1.54) is 0 Å². The molecule has 0 amide bonds. The zero-order valence-corrected chi connectivity index (χ0v) is 7.96. The van der Waals surface area contributed by atoms with E-state index in [1.54, 1.807) is 0 Å². The summed E-state index contributed by atoms with van der Waals surface area (Å²) in [7, 11) is 0. The van der Waals surface area contributed by atoms with Gasteiger partial charge in [0.25, 0.3) is 0 Å². The van der Waals surface area contributed by atoms with E-state index >= 15 is 0 Å². The molecule has 2 nitrogen and oxygen atoms in total. The maximum Gasteiger partial charge on any atom is 1.00 e. The Morgan fingerprint density at radius 2 is 0.833 bits per heavy atom. The molecule has 0 saturated heterocycles. The van der Waals surface area contributed by atoms with Crippen LogP contribution in [0.2, 0.25) is 0 Å². The van der Waals surface area contributed by atoms with Crippen molar-refractivity contribution in [3.63, 3.8) is 0 Å². The van der Waals surface area contributed by atoms with Crippen molar-refractivity contribution in [1.29, 1.82) is 10.5 Å². The molecule has 0 aromatic heterocycles. The SMILES string of the molecule is C#N.C#N.[Ag].[K+]. The largest absolute Gasteiger partial charge is 1.00 e. The first-order chi connectivity index (χ1) is 2.00. The number of rotatable bonds is 0. The monoisotopic (exact) mass is 200 g/mol. The molecule has 0 heterocycles. The average molecular weight is 201 g/mol. The van der Waals surface area contributed by atoms with Gasteiger partial charge in [0, 0.05) is 35.5 Å². The second kappa shape index (κ2) is 99.1. The molecule has 0 saturated carbocycles. The molecule has 0 aliphatic carbocycles. The van der Waals surface area contributed by atoms with Crippen LogP contribution >= 0.6 is 0 Å². The molecule has 0 fully saturated rings. The van der Waals surface area contributed by atoms with Crippen LogP contribution in [-0.4, -0.2) is 0 Å². The van der Waals surface area contributed by atoms with Gasteiger partial charge in [-0.05, 0) is 0 Å². The third-order valence-electron chi connectivity index (χ3n) is 0. The molecular formula is C2H2AgKN2+. The van der Waals surface area contributed by atoms with Gasteiger partial charge in [-0.1, -0.05) is 0 Å². The van der Waals surface area contributed by atoms with Crippen LogP contribution in [0.4, 0.5) is 0 Å². The topological polar surface area (TPSA) is 47.6 Å². The standard InChI is InChI=1S/2CHN.Ag.K/c2*1-2;;/h2*1H;;/q;;;+1. The van der Waals surface area contributed by atoms with Crippen molar-refractivity contribution in [2.24, 2.45) is 0 Å². The van der Waals surface area contributed by atoms with Gasteiger partial charge in [0.15, 0.2) is 0 Å². The summed E-state index contributed by atoms with van der Waals surface area (Å²) in [5, 5.41) is 13.0. The van der Waals surface area contributed by atoms with Gasteiger partial charge >= 0.3 is 51.4 Å². The fourth-order valence-electron chi connectivity index (χ4n) is 0. The van der Waals surface area contributed by atoms with Crippen LogP contribution in [0.3, 0.4) is 0 Å². The second-order valence-electron chi connectivity index (χ2n) is 0. The number of hydrogen-bond donors (Lipinski definition) is 0. The van der Waals surface area contributed by atoms with Crippen molar-refractivity contribution >= 4 is 0 Å². The molecule has 0 aliphatic rings. The Morgan fingerprint density at radius 3 is 0.833 bits per heavy atom. The maximum atomic E-state index is 6.50. The molecule has 6 heavy (non-hydrogen) atoms. The molecule has 0 rings (SSSR count). The fourth-order valence-corrected chi connectivity index (χ4v) is 0. The molecule has 0 atom stereocenters. The minimum Gasteiger partial charge on any atom is -0.202 e. The van der Waals surface area contributed by atoms with Gasteiger partial charge in [0.1, 0.15) is 0 Å². The normalized spacial score (nSPS) is 0.667. The van der Waals surface area contributed by atoms with Crippen molar-refractivity contribution < 1.29 is 73.8 Å². The van der Waals surface area contributed by atoms with Crippen molar-refractivity contribution in [2.45, 2.75) is 0 Å². The van der Waals surface area contributed by atoms with E-state index in [0.29, 0.717) is 0 Å². The van der Waals surface area contributed by atoms with E-state index in [0.717, 1.165) is 0 Å². The van der Waals surface area contributed by atoms with Crippen LogP contribution in [-0.2, 0) is 22.4 Å². The minimum absolute atomic E-state index is 0. The van der Waals surface area contributed by atoms with Crippen molar-refractivity contribution in [1.82, 2.24) is 0 Å². The molecule has 0 spiro atoms. The molecule has 0 bridgehead atoms. The number of hydrogen-bond acceptors (Lipinski definition) is 2.